The molecule has 2 aromatic heterocycles. The summed E-state index contributed by atoms with van der Waals surface area (Å²) in [7, 11) is 0. The number of morpholine rings is 1. The van der Waals surface area contributed by atoms with Gasteiger partial charge in [0.1, 0.15) is 5.76 Å². The maximum absolute atomic E-state index is 12.8. The van der Waals surface area contributed by atoms with Gasteiger partial charge in [-0.15, -0.1) is 0 Å². The van der Waals surface area contributed by atoms with Gasteiger partial charge in [0.25, 0.3) is 5.56 Å². The highest BCUT2D eigenvalue weighted by molar-refractivity contribution is 7.80. The summed E-state index contributed by atoms with van der Waals surface area (Å²) in [4.78, 5) is 20.4. The molecule has 1 aliphatic rings. The van der Waals surface area contributed by atoms with Crippen molar-refractivity contribution in [2.45, 2.75) is 26.4 Å². The van der Waals surface area contributed by atoms with E-state index in [1.807, 2.05) is 43.3 Å². The van der Waals surface area contributed by atoms with Crippen LogP contribution in [0, 0.1) is 6.92 Å². The van der Waals surface area contributed by atoms with Gasteiger partial charge in [-0.1, -0.05) is 18.2 Å². The Morgan fingerprint density at radius 2 is 2.09 bits per heavy atom. The lowest BCUT2D eigenvalue weighted by atomic mass is 10.1. The van der Waals surface area contributed by atoms with E-state index in [0.717, 1.165) is 68.0 Å². The zero-order valence-corrected chi connectivity index (χ0v) is 19.2. The van der Waals surface area contributed by atoms with Gasteiger partial charge in [0, 0.05) is 31.7 Å². The van der Waals surface area contributed by atoms with Crippen molar-refractivity contribution in [3.05, 3.63) is 69.9 Å². The highest BCUT2D eigenvalue weighted by Crippen LogP contribution is 2.16. The number of nitrogens with zero attached hydrogens (tertiary/aromatic N) is 2. The Labute approximate surface area is 193 Å². The van der Waals surface area contributed by atoms with E-state index < -0.39 is 0 Å². The predicted molar refractivity (Wildman–Crippen MR) is 130 cm³/mol. The molecule has 0 bridgehead atoms. The van der Waals surface area contributed by atoms with Gasteiger partial charge in [0.2, 0.25) is 0 Å². The van der Waals surface area contributed by atoms with Crippen LogP contribution in [0.3, 0.4) is 0 Å². The highest BCUT2D eigenvalue weighted by atomic mass is 32.1. The number of hydrogen-bond acceptors (Lipinski definition) is 5. The number of hydrogen-bond donors (Lipinski definition) is 2. The van der Waals surface area contributed by atoms with E-state index in [4.69, 9.17) is 21.4 Å². The van der Waals surface area contributed by atoms with Gasteiger partial charge >= 0.3 is 0 Å². The number of pyridine rings is 1. The monoisotopic (exact) mass is 454 g/mol. The number of furan rings is 1. The van der Waals surface area contributed by atoms with Crippen molar-refractivity contribution in [3.63, 3.8) is 0 Å². The number of aromatic nitrogens is 1. The van der Waals surface area contributed by atoms with Crippen LogP contribution in [0.15, 0.2) is 51.9 Å². The van der Waals surface area contributed by atoms with E-state index in [1.54, 1.807) is 6.26 Å². The maximum Gasteiger partial charge on any atom is 0.253 e. The van der Waals surface area contributed by atoms with Gasteiger partial charge in [-0.3, -0.25) is 9.69 Å². The Bertz CT molecular complexity index is 1090. The molecule has 8 heteroatoms. The largest absolute Gasteiger partial charge is 0.467 e. The number of aromatic amines is 1. The van der Waals surface area contributed by atoms with Crippen LogP contribution in [-0.2, 0) is 17.8 Å². The van der Waals surface area contributed by atoms with Gasteiger partial charge in [0.05, 0.1) is 38.1 Å². The third-order valence-electron chi connectivity index (χ3n) is 5.81. The predicted octanol–water partition coefficient (Wildman–Crippen LogP) is 3.03. The number of nitrogens with one attached hydrogen (secondary N) is 2. The molecule has 0 amide bonds. The molecule has 1 aromatic carbocycles. The first-order valence-electron chi connectivity index (χ1n) is 11.1. The fourth-order valence-electron chi connectivity index (χ4n) is 4.00. The summed E-state index contributed by atoms with van der Waals surface area (Å²) in [6.07, 6.45) is 2.60. The van der Waals surface area contributed by atoms with E-state index in [0.29, 0.717) is 23.8 Å². The standard InChI is InChI=1S/C24H30N4O3S/c1-18-5-2-6-19-15-20(23(29)26-22(18)19)17-28(9-4-8-27-10-13-30-14-11-27)24(32)25-16-21-7-3-12-31-21/h2-3,5-7,12,15H,4,8-11,13-14,16-17H2,1H3,(H,25,32)(H,26,29). The highest BCUT2D eigenvalue weighted by Gasteiger charge is 2.16. The van der Waals surface area contributed by atoms with E-state index in [1.165, 1.54) is 0 Å². The average Bonchev–Trinajstić information content (AvgIpc) is 3.32. The first kappa shape index (κ1) is 22.5. The molecule has 7 nitrogen and oxygen atoms in total. The summed E-state index contributed by atoms with van der Waals surface area (Å²) < 4.78 is 10.8. The van der Waals surface area contributed by atoms with Crippen LogP contribution in [0.25, 0.3) is 10.9 Å². The molecule has 0 saturated carbocycles. The molecule has 0 unspecified atom stereocenters. The van der Waals surface area contributed by atoms with Crippen molar-refractivity contribution in [2.24, 2.45) is 0 Å². The minimum atomic E-state index is -0.0705. The lowest BCUT2D eigenvalue weighted by Gasteiger charge is -2.29. The van der Waals surface area contributed by atoms with E-state index in [-0.39, 0.29) is 5.56 Å². The summed E-state index contributed by atoms with van der Waals surface area (Å²) in [5, 5.41) is 4.92. The summed E-state index contributed by atoms with van der Waals surface area (Å²) in [6, 6.07) is 11.8. The zero-order chi connectivity index (χ0) is 22.3. The average molecular weight is 455 g/mol. The Balaban J connectivity index is 1.47. The Hall–Kier alpha value is -2.68. The molecule has 4 rings (SSSR count). The second kappa shape index (κ2) is 10.8. The second-order valence-electron chi connectivity index (χ2n) is 8.13. The number of H-pyrrole nitrogens is 1. The fraction of sp³-hybridized carbons (Fsp3) is 0.417. The zero-order valence-electron chi connectivity index (χ0n) is 18.4. The molecule has 32 heavy (non-hydrogen) atoms. The quantitative estimate of drug-likeness (QED) is 0.507. The summed E-state index contributed by atoms with van der Waals surface area (Å²) in [6.45, 7) is 8.21. The molecule has 3 aromatic rings. The van der Waals surface area contributed by atoms with Gasteiger partial charge in [-0.2, -0.15) is 0 Å². The first-order valence-corrected chi connectivity index (χ1v) is 11.5. The molecule has 1 aliphatic heterocycles. The smallest absolute Gasteiger partial charge is 0.253 e. The molecule has 3 heterocycles. The summed E-state index contributed by atoms with van der Waals surface area (Å²) in [5.41, 5.74) is 2.58. The number of benzene rings is 1. The van der Waals surface area contributed by atoms with Crippen LogP contribution < -0.4 is 10.9 Å². The Morgan fingerprint density at radius 1 is 1.25 bits per heavy atom. The van der Waals surface area contributed by atoms with Crippen molar-refractivity contribution in [3.8, 4) is 0 Å². The molecule has 1 fully saturated rings. The van der Waals surface area contributed by atoms with Crippen LogP contribution in [0.2, 0.25) is 0 Å². The van der Waals surface area contributed by atoms with Crippen LogP contribution >= 0.6 is 12.2 Å². The SMILES string of the molecule is Cc1cccc2cc(CN(CCCN3CCOCC3)C(=S)NCc3ccco3)c(=O)[nH]c12. The van der Waals surface area contributed by atoms with Gasteiger partial charge in [-0.05, 0) is 54.7 Å². The summed E-state index contributed by atoms with van der Waals surface area (Å²) >= 11 is 5.70. The fourth-order valence-corrected chi connectivity index (χ4v) is 4.23. The number of para-hydroxylation sites is 1. The molecular weight excluding hydrogens is 424 g/mol. The van der Waals surface area contributed by atoms with Crippen LogP contribution in [-0.4, -0.2) is 59.3 Å². The topological polar surface area (TPSA) is 73.7 Å². The van der Waals surface area contributed by atoms with Gasteiger partial charge in [0.15, 0.2) is 5.11 Å². The third kappa shape index (κ3) is 5.76. The minimum Gasteiger partial charge on any atom is -0.467 e. The molecule has 170 valence electrons. The van der Waals surface area contributed by atoms with Crippen molar-refractivity contribution in [1.82, 2.24) is 20.1 Å². The normalized spacial score (nSPS) is 14.5. The lowest BCUT2D eigenvalue weighted by Crippen LogP contribution is -2.42. The van der Waals surface area contributed by atoms with Gasteiger partial charge in [-0.25, -0.2) is 0 Å². The lowest BCUT2D eigenvalue weighted by molar-refractivity contribution is 0.0367. The number of ether oxygens (including phenoxy) is 1. The minimum absolute atomic E-state index is 0.0705. The molecule has 2 N–H and O–H groups in total. The van der Waals surface area contributed by atoms with Gasteiger partial charge < -0.3 is 24.4 Å². The number of rotatable bonds is 8. The van der Waals surface area contributed by atoms with E-state index in [9.17, 15) is 4.79 Å². The second-order valence-corrected chi connectivity index (χ2v) is 8.52. The number of aryl methyl sites for hydroxylation is 1. The van der Waals surface area contributed by atoms with Crippen LogP contribution in [0.5, 0.6) is 0 Å². The number of fused-ring (bicyclic) bond motifs is 1. The van der Waals surface area contributed by atoms with Crippen LogP contribution in [0.4, 0.5) is 0 Å². The maximum atomic E-state index is 12.8. The third-order valence-corrected chi connectivity index (χ3v) is 6.22. The molecule has 0 spiro atoms. The van der Waals surface area contributed by atoms with Crippen molar-refractivity contribution in [1.29, 1.82) is 0 Å². The summed E-state index contributed by atoms with van der Waals surface area (Å²) in [5.74, 6) is 0.819. The van der Waals surface area contributed by atoms with Crippen molar-refractivity contribution in [2.75, 3.05) is 39.4 Å². The van der Waals surface area contributed by atoms with Crippen LogP contribution in [0.1, 0.15) is 23.3 Å². The van der Waals surface area contributed by atoms with E-state index >= 15 is 0 Å². The molecular formula is C24H30N4O3S. The number of thiocarbonyl (C=S) groups is 1. The Kier molecular flexibility index (Phi) is 7.57. The molecule has 0 atom stereocenters. The Morgan fingerprint density at radius 3 is 2.88 bits per heavy atom. The molecule has 0 radical (unpaired) electrons. The van der Waals surface area contributed by atoms with E-state index in [2.05, 4.69) is 20.1 Å². The van der Waals surface area contributed by atoms with Crippen molar-refractivity contribution < 1.29 is 9.15 Å². The first-order chi connectivity index (χ1) is 15.6. The van der Waals surface area contributed by atoms with Crippen molar-refractivity contribution >= 4 is 28.2 Å². The molecule has 0 aliphatic carbocycles. The molecule has 1 saturated heterocycles.